The fourth-order valence-corrected chi connectivity index (χ4v) is 4.20. The van der Waals surface area contributed by atoms with Crippen molar-refractivity contribution >= 4 is 22.5 Å². The zero-order valence-corrected chi connectivity index (χ0v) is 19.6. The summed E-state index contributed by atoms with van der Waals surface area (Å²) in [6, 6.07) is 15.4. The van der Waals surface area contributed by atoms with Crippen LogP contribution < -0.4 is 10.9 Å². The summed E-state index contributed by atoms with van der Waals surface area (Å²) >= 11 is 0. The molecule has 1 unspecified atom stereocenters. The number of aliphatic hydroxyl groups excluding tert-OH is 1. The Morgan fingerprint density at radius 1 is 1.14 bits per heavy atom. The molecule has 0 saturated heterocycles. The summed E-state index contributed by atoms with van der Waals surface area (Å²) < 4.78 is 3.04. The topological polar surface area (TPSA) is 114 Å². The van der Waals surface area contributed by atoms with E-state index < -0.39 is 6.04 Å². The lowest BCUT2D eigenvalue weighted by Gasteiger charge is -2.20. The van der Waals surface area contributed by atoms with Crippen LogP contribution in [0.15, 0.2) is 71.8 Å². The van der Waals surface area contributed by atoms with Crippen LogP contribution in [-0.2, 0) is 0 Å². The Hall–Kier alpha value is -4.81. The zero-order chi connectivity index (χ0) is 25.2. The van der Waals surface area contributed by atoms with Crippen LogP contribution in [-0.4, -0.2) is 41.8 Å². The molecule has 2 N–H and O–H groups in total. The Bertz CT molecular complexity index is 1730. The molecule has 0 bridgehead atoms. The van der Waals surface area contributed by atoms with E-state index in [-0.39, 0.29) is 18.1 Å². The number of benzene rings is 2. The molecule has 9 nitrogen and oxygen atoms in total. The van der Waals surface area contributed by atoms with Gasteiger partial charge in [0.25, 0.3) is 11.5 Å². The minimum absolute atomic E-state index is 0.320. The first kappa shape index (κ1) is 23.0. The maximum Gasteiger partial charge on any atom is 0.267 e. The number of aromatic nitrogens is 5. The van der Waals surface area contributed by atoms with Crippen LogP contribution in [0, 0.1) is 18.8 Å². The van der Waals surface area contributed by atoms with E-state index in [1.54, 1.807) is 67.2 Å². The van der Waals surface area contributed by atoms with E-state index in [1.807, 2.05) is 18.2 Å². The largest absolute Gasteiger partial charge is 0.384 e. The molecule has 2 aromatic carbocycles. The molecule has 0 aliphatic heterocycles. The van der Waals surface area contributed by atoms with Gasteiger partial charge in [-0.1, -0.05) is 36.1 Å². The fourth-order valence-electron chi connectivity index (χ4n) is 4.20. The van der Waals surface area contributed by atoms with Gasteiger partial charge in [-0.2, -0.15) is 5.10 Å². The van der Waals surface area contributed by atoms with E-state index in [0.717, 1.165) is 0 Å². The van der Waals surface area contributed by atoms with Crippen LogP contribution in [0.4, 0.5) is 0 Å². The molecule has 0 fully saturated rings. The number of rotatable bonds is 4. The van der Waals surface area contributed by atoms with Crippen molar-refractivity contribution < 1.29 is 9.90 Å². The summed E-state index contributed by atoms with van der Waals surface area (Å²) in [4.78, 5) is 36.2. The lowest BCUT2D eigenvalue weighted by atomic mass is 10.1. The molecule has 3 aromatic heterocycles. The molecule has 0 saturated carbocycles. The maximum atomic E-state index is 13.8. The lowest BCUT2D eigenvalue weighted by Crippen LogP contribution is -2.33. The van der Waals surface area contributed by atoms with Gasteiger partial charge in [-0.15, -0.1) is 0 Å². The molecule has 0 aliphatic rings. The van der Waals surface area contributed by atoms with Gasteiger partial charge in [0, 0.05) is 18.0 Å². The van der Waals surface area contributed by atoms with Crippen LogP contribution in [0.5, 0.6) is 0 Å². The Morgan fingerprint density at radius 3 is 2.72 bits per heavy atom. The number of carbonyl (C=O) groups is 1. The maximum absolute atomic E-state index is 13.8. The van der Waals surface area contributed by atoms with Crippen molar-refractivity contribution in [3.05, 3.63) is 100.0 Å². The third-order valence-corrected chi connectivity index (χ3v) is 5.77. The summed E-state index contributed by atoms with van der Waals surface area (Å²) in [7, 11) is 0. The van der Waals surface area contributed by atoms with Gasteiger partial charge in [0.05, 0.1) is 28.3 Å². The molecule has 3 heterocycles. The normalized spacial score (nSPS) is 11.8. The van der Waals surface area contributed by atoms with Crippen molar-refractivity contribution in [3.63, 3.8) is 0 Å². The third-order valence-electron chi connectivity index (χ3n) is 5.77. The van der Waals surface area contributed by atoms with Crippen molar-refractivity contribution in [2.75, 3.05) is 6.61 Å². The number of carbonyl (C=O) groups excluding carboxylic acids is 1. The first-order valence-corrected chi connectivity index (χ1v) is 11.3. The average molecular weight is 479 g/mol. The Kier molecular flexibility index (Phi) is 6.02. The molecule has 0 radical (unpaired) electrons. The second-order valence-electron chi connectivity index (χ2n) is 8.15. The van der Waals surface area contributed by atoms with Crippen molar-refractivity contribution in [1.82, 2.24) is 29.5 Å². The number of hydrogen-bond acceptors (Lipinski definition) is 6. The first-order valence-electron chi connectivity index (χ1n) is 11.3. The van der Waals surface area contributed by atoms with E-state index in [9.17, 15) is 9.59 Å². The Morgan fingerprint density at radius 2 is 1.94 bits per heavy atom. The summed E-state index contributed by atoms with van der Waals surface area (Å²) in [5.41, 5.74) is 2.54. The minimum atomic E-state index is -0.639. The average Bonchev–Trinajstić information content (AvgIpc) is 3.23. The predicted octanol–water partition coefficient (Wildman–Crippen LogP) is 2.57. The molecule has 0 aliphatic carbocycles. The van der Waals surface area contributed by atoms with E-state index in [4.69, 9.17) is 10.1 Å². The van der Waals surface area contributed by atoms with E-state index in [0.29, 0.717) is 44.9 Å². The summed E-state index contributed by atoms with van der Waals surface area (Å²) in [6.07, 6.45) is 3.33. The van der Waals surface area contributed by atoms with Crippen LogP contribution in [0.1, 0.15) is 40.4 Å². The number of nitrogens with zero attached hydrogens (tertiary/aromatic N) is 5. The molecule has 178 valence electrons. The SMILES string of the molecule is Cc1nn2cccnc2c1C(=O)NC(C)c1nc2cccc(C#CCO)c2c(=O)n1-c1ccccc1. The molecule has 5 aromatic rings. The van der Waals surface area contributed by atoms with Crippen LogP contribution >= 0.6 is 0 Å². The number of hydrogen-bond donors (Lipinski definition) is 2. The van der Waals surface area contributed by atoms with Crippen molar-refractivity contribution in [2.45, 2.75) is 19.9 Å². The predicted molar refractivity (Wildman–Crippen MR) is 135 cm³/mol. The second-order valence-corrected chi connectivity index (χ2v) is 8.15. The fraction of sp³-hybridized carbons (Fsp3) is 0.148. The molecule has 5 rings (SSSR count). The lowest BCUT2D eigenvalue weighted by molar-refractivity contribution is 0.0938. The van der Waals surface area contributed by atoms with E-state index in [2.05, 4.69) is 27.2 Å². The molecular formula is C27H22N6O3. The molecule has 1 amide bonds. The standard InChI is InChI=1S/C27H22N6O3/c1-17-22(25-28-14-8-15-32(25)31-17)26(35)29-18(2)24-30-21-13-6-9-19(10-7-16-34)23(21)27(36)33(24)20-11-4-3-5-12-20/h3-6,8-9,11-15,18,34H,16H2,1-2H3,(H,29,35). The highest BCUT2D eigenvalue weighted by atomic mass is 16.2. The molecular weight excluding hydrogens is 456 g/mol. The monoisotopic (exact) mass is 478 g/mol. The molecule has 36 heavy (non-hydrogen) atoms. The highest BCUT2D eigenvalue weighted by Gasteiger charge is 2.24. The quantitative estimate of drug-likeness (QED) is 0.384. The van der Waals surface area contributed by atoms with Gasteiger partial charge in [-0.25, -0.2) is 14.5 Å². The van der Waals surface area contributed by atoms with Gasteiger partial charge in [-0.3, -0.25) is 14.2 Å². The first-order chi connectivity index (χ1) is 17.5. The molecule has 1 atom stereocenters. The van der Waals surface area contributed by atoms with Gasteiger partial charge < -0.3 is 10.4 Å². The van der Waals surface area contributed by atoms with Crippen molar-refractivity contribution in [1.29, 1.82) is 0 Å². The number of fused-ring (bicyclic) bond motifs is 2. The van der Waals surface area contributed by atoms with Crippen molar-refractivity contribution in [3.8, 4) is 17.5 Å². The highest BCUT2D eigenvalue weighted by Crippen LogP contribution is 2.21. The Balaban J connectivity index is 1.66. The Labute approximate surface area is 206 Å². The number of aryl methyl sites for hydroxylation is 1. The number of nitrogens with one attached hydrogen (secondary N) is 1. The minimum Gasteiger partial charge on any atom is -0.384 e. The zero-order valence-electron chi connectivity index (χ0n) is 19.6. The van der Waals surface area contributed by atoms with Crippen molar-refractivity contribution in [2.24, 2.45) is 0 Å². The van der Waals surface area contributed by atoms with Gasteiger partial charge in [0.2, 0.25) is 0 Å². The van der Waals surface area contributed by atoms with Gasteiger partial charge in [0.15, 0.2) is 5.65 Å². The number of aliphatic hydroxyl groups is 1. The van der Waals surface area contributed by atoms with Gasteiger partial charge in [-0.05, 0) is 44.2 Å². The summed E-state index contributed by atoms with van der Waals surface area (Å²) in [6.45, 7) is 3.20. The third kappa shape index (κ3) is 4.00. The van der Waals surface area contributed by atoms with E-state index in [1.165, 1.54) is 4.57 Å². The number of amides is 1. The van der Waals surface area contributed by atoms with Crippen LogP contribution in [0.25, 0.3) is 22.2 Å². The molecule has 9 heteroatoms. The van der Waals surface area contributed by atoms with Gasteiger partial charge >= 0.3 is 0 Å². The van der Waals surface area contributed by atoms with E-state index >= 15 is 0 Å². The second kappa shape index (κ2) is 9.44. The summed E-state index contributed by atoms with van der Waals surface area (Å²) in [5, 5.41) is 16.8. The van der Waals surface area contributed by atoms with Gasteiger partial charge in [0.1, 0.15) is 18.0 Å². The highest BCUT2D eigenvalue weighted by molar-refractivity contribution is 6.01. The van der Waals surface area contributed by atoms with Crippen LogP contribution in [0.3, 0.4) is 0 Å². The molecule has 0 spiro atoms. The number of para-hydroxylation sites is 1. The smallest absolute Gasteiger partial charge is 0.267 e. The van der Waals surface area contributed by atoms with Crippen LogP contribution in [0.2, 0.25) is 0 Å². The summed E-state index contributed by atoms with van der Waals surface area (Å²) in [5.74, 6) is 5.43.